The third-order valence-corrected chi connectivity index (χ3v) is 3.64. The van der Waals surface area contributed by atoms with Crippen LogP contribution in [-0.4, -0.2) is 40.5 Å². The van der Waals surface area contributed by atoms with Crippen molar-refractivity contribution in [3.05, 3.63) is 35.8 Å². The first kappa shape index (κ1) is 14.0. The van der Waals surface area contributed by atoms with Gasteiger partial charge >= 0.3 is 0 Å². The molecule has 0 aromatic carbocycles. The fourth-order valence-corrected chi connectivity index (χ4v) is 2.10. The highest BCUT2D eigenvalue weighted by molar-refractivity contribution is 5.42. The average molecular weight is 260 g/mol. The Kier molecular flexibility index (Phi) is 4.56. The minimum absolute atomic E-state index is 0.597. The minimum atomic E-state index is 0.597. The molecule has 0 unspecified atom stereocenters. The second kappa shape index (κ2) is 6.17. The number of imidazole rings is 1. The summed E-state index contributed by atoms with van der Waals surface area (Å²) in [5, 5.41) is 3.50. The fraction of sp³-hybridized carbons (Fsp3) is 0.533. The standard InChI is InChI=1S/C15H24N4/c1-12(2)18(4)10-8-16-11-14-13(3)17-15-7-5-6-9-19(14)15/h5-7,9,12,16H,8,10-11H2,1-4H3. The van der Waals surface area contributed by atoms with Crippen molar-refractivity contribution in [2.45, 2.75) is 33.4 Å². The van der Waals surface area contributed by atoms with E-state index in [1.165, 1.54) is 5.69 Å². The van der Waals surface area contributed by atoms with E-state index in [0.29, 0.717) is 6.04 Å². The van der Waals surface area contributed by atoms with E-state index in [0.717, 1.165) is 31.0 Å². The van der Waals surface area contributed by atoms with Gasteiger partial charge in [0.1, 0.15) is 5.65 Å². The van der Waals surface area contributed by atoms with Crippen LogP contribution in [0.25, 0.3) is 5.65 Å². The van der Waals surface area contributed by atoms with Crippen molar-refractivity contribution in [2.75, 3.05) is 20.1 Å². The first-order valence-electron chi connectivity index (χ1n) is 6.93. The maximum Gasteiger partial charge on any atom is 0.137 e. The molecule has 19 heavy (non-hydrogen) atoms. The van der Waals surface area contributed by atoms with E-state index in [9.17, 15) is 0 Å². The van der Waals surface area contributed by atoms with Crippen LogP contribution in [0.4, 0.5) is 0 Å². The largest absolute Gasteiger partial charge is 0.310 e. The van der Waals surface area contributed by atoms with Gasteiger partial charge in [0, 0.05) is 31.9 Å². The highest BCUT2D eigenvalue weighted by atomic mass is 15.1. The summed E-state index contributed by atoms with van der Waals surface area (Å²) in [4.78, 5) is 6.91. The summed E-state index contributed by atoms with van der Waals surface area (Å²) in [5.74, 6) is 0. The van der Waals surface area contributed by atoms with Crippen molar-refractivity contribution in [3.63, 3.8) is 0 Å². The molecule has 4 nitrogen and oxygen atoms in total. The minimum Gasteiger partial charge on any atom is -0.310 e. The number of rotatable bonds is 6. The van der Waals surface area contributed by atoms with E-state index < -0.39 is 0 Å². The molecule has 0 amide bonds. The third kappa shape index (κ3) is 3.33. The third-order valence-electron chi connectivity index (χ3n) is 3.64. The number of fused-ring (bicyclic) bond motifs is 1. The number of nitrogens with zero attached hydrogens (tertiary/aromatic N) is 3. The topological polar surface area (TPSA) is 32.6 Å². The smallest absolute Gasteiger partial charge is 0.137 e. The zero-order valence-electron chi connectivity index (χ0n) is 12.3. The molecule has 0 aliphatic carbocycles. The zero-order valence-corrected chi connectivity index (χ0v) is 12.3. The molecule has 2 aromatic rings. The fourth-order valence-electron chi connectivity index (χ4n) is 2.10. The Balaban J connectivity index is 1.93. The predicted molar refractivity (Wildman–Crippen MR) is 79.4 cm³/mol. The highest BCUT2D eigenvalue weighted by Gasteiger charge is 2.07. The van der Waals surface area contributed by atoms with Gasteiger partial charge in [-0.1, -0.05) is 6.07 Å². The van der Waals surface area contributed by atoms with Gasteiger partial charge < -0.3 is 14.6 Å². The SMILES string of the molecule is Cc1nc2ccccn2c1CNCCN(C)C(C)C. The first-order valence-corrected chi connectivity index (χ1v) is 6.93. The lowest BCUT2D eigenvalue weighted by Crippen LogP contribution is -2.33. The van der Waals surface area contributed by atoms with E-state index in [2.05, 4.69) is 53.6 Å². The first-order chi connectivity index (χ1) is 9.09. The molecule has 104 valence electrons. The van der Waals surface area contributed by atoms with Crippen LogP contribution < -0.4 is 5.32 Å². The summed E-state index contributed by atoms with van der Waals surface area (Å²) in [6, 6.07) is 6.71. The van der Waals surface area contributed by atoms with Crippen LogP contribution in [0.1, 0.15) is 25.2 Å². The maximum absolute atomic E-state index is 4.57. The Morgan fingerprint density at radius 3 is 2.89 bits per heavy atom. The lowest BCUT2D eigenvalue weighted by atomic mass is 10.3. The number of hydrogen-bond donors (Lipinski definition) is 1. The molecule has 0 bridgehead atoms. The van der Waals surface area contributed by atoms with Gasteiger partial charge in [0.2, 0.25) is 0 Å². The van der Waals surface area contributed by atoms with Crippen molar-refractivity contribution < 1.29 is 0 Å². The summed E-state index contributed by atoms with van der Waals surface area (Å²) in [6.07, 6.45) is 2.08. The van der Waals surface area contributed by atoms with E-state index >= 15 is 0 Å². The van der Waals surface area contributed by atoms with Crippen LogP contribution in [0.5, 0.6) is 0 Å². The molecule has 4 heteroatoms. The Hall–Kier alpha value is -1.39. The average Bonchev–Trinajstić information content (AvgIpc) is 2.70. The van der Waals surface area contributed by atoms with Crippen molar-refractivity contribution >= 4 is 5.65 Å². The molecule has 2 aromatic heterocycles. The van der Waals surface area contributed by atoms with Gasteiger partial charge in [0.05, 0.1) is 11.4 Å². The molecule has 0 aliphatic rings. The molecule has 1 N–H and O–H groups in total. The monoisotopic (exact) mass is 260 g/mol. The lowest BCUT2D eigenvalue weighted by Gasteiger charge is -2.20. The number of aromatic nitrogens is 2. The Bertz CT molecular complexity index is 530. The van der Waals surface area contributed by atoms with Gasteiger partial charge in [-0.3, -0.25) is 0 Å². The normalized spacial score (nSPS) is 11.9. The summed E-state index contributed by atoms with van der Waals surface area (Å²) >= 11 is 0. The van der Waals surface area contributed by atoms with Crippen molar-refractivity contribution in [3.8, 4) is 0 Å². The van der Waals surface area contributed by atoms with Crippen LogP contribution in [0.15, 0.2) is 24.4 Å². The summed E-state index contributed by atoms with van der Waals surface area (Å²) in [5.41, 5.74) is 3.38. The Morgan fingerprint density at radius 2 is 2.16 bits per heavy atom. The lowest BCUT2D eigenvalue weighted by molar-refractivity contribution is 0.273. The molecule has 0 saturated carbocycles. The van der Waals surface area contributed by atoms with Crippen molar-refractivity contribution in [1.82, 2.24) is 19.6 Å². The molecule has 0 fully saturated rings. The van der Waals surface area contributed by atoms with E-state index in [-0.39, 0.29) is 0 Å². The maximum atomic E-state index is 4.57. The molecule has 0 aliphatic heterocycles. The highest BCUT2D eigenvalue weighted by Crippen LogP contribution is 2.11. The second-order valence-corrected chi connectivity index (χ2v) is 5.32. The van der Waals surface area contributed by atoms with E-state index in [4.69, 9.17) is 0 Å². The van der Waals surface area contributed by atoms with Crippen molar-refractivity contribution in [2.24, 2.45) is 0 Å². The second-order valence-electron chi connectivity index (χ2n) is 5.32. The number of nitrogens with one attached hydrogen (secondary N) is 1. The van der Waals surface area contributed by atoms with Crippen molar-refractivity contribution in [1.29, 1.82) is 0 Å². The molecule has 0 atom stereocenters. The van der Waals surface area contributed by atoms with Gasteiger partial charge in [-0.05, 0) is 40.0 Å². The van der Waals surface area contributed by atoms with Crippen LogP contribution in [-0.2, 0) is 6.54 Å². The predicted octanol–water partition coefficient (Wildman–Crippen LogP) is 2.07. The van der Waals surface area contributed by atoms with Crippen LogP contribution >= 0.6 is 0 Å². The van der Waals surface area contributed by atoms with Gasteiger partial charge in [-0.25, -0.2) is 4.98 Å². The Morgan fingerprint density at radius 1 is 1.37 bits per heavy atom. The van der Waals surface area contributed by atoms with E-state index in [1.807, 2.05) is 18.2 Å². The Labute approximate surface area is 115 Å². The van der Waals surface area contributed by atoms with Gasteiger partial charge in [-0.15, -0.1) is 0 Å². The molecule has 0 spiro atoms. The molecule has 0 radical (unpaired) electrons. The van der Waals surface area contributed by atoms with Crippen LogP contribution in [0.3, 0.4) is 0 Å². The summed E-state index contributed by atoms with van der Waals surface area (Å²) in [6.45, 7) is 9.43. The summed E-state index contributed by atoms with van der Waals surface area (Å²) < 4.78 is 2.16. The van der Waals surface area contributed by atoms with E-state index in [1.54, 1.807) is 0 Å². The molecule has 2 rings (SSSR count). The number of pyridine rings is 1. The molecular weight excluding hydrogens is 236 g/mol. The molecule has 2 heterocycles. The van der Waals surface area contributed by atoms with Crippen LogP contribution in [0.2, 0.25) is 0 Å². The number of aryl methyl sites for hydroxylation is 1. The quantitative estimate of drug-likeness (QED) is 0.807. The van der Waals surface area contributed by atoms with Gasteiger partial charge in [0.25, 0.3) is 0 Å². The van der Waals surface area contributed by atoms with Crippen LogP contribution in [0, 0.1) is 6.92 Å². The van der Waals surface area contributed by atoms with Gasteiger partial charge in [0.15, 0.2) is 0 Å². The van der Waals surface area contributed by atoms with Gasteiger partial charge in [-0.2, -0.15) is 0 Å². The number of hydrogen-bond acceptors (Lipinski definition) is 3. The molecule has 0 saturated heterocycles. The molecular formula is C15H24N4. The zero-order chi connectivity index (χ0) is 13.8. The number of likely N-dealkylation sites (N-methyl/N-ethyl adjacent to an activating group) is 1. The summed E-state index contributed by atoms with van der Waals surface area (Å²) in [7, 11) is 2.16.